The summed E-state index contributed by atoms with van der Waals surface area (Å²) in [6.07, 6.45) is 1.20. The van der Waals surface area contributed by atoms with Gasteiger partial charge in [0.15, 0.2) is 0 Å². The fourth-order valence-corrected chi connectivity index (χ4v) is 6.00. The molecule has 1 aliphatic heterocycles. The molecule has 1 aromatic rings. The lowest BCUT2D eigenvalue weighted by molar-refractivity contribution is 0.0692. The first kappa shape index (κ1) is 14.7. The van der Waals surface area contributed by atoms with E-state index in [2.05, 4.69) is 55.6 Å². The Labute approximate surface area is 117 Å². The molecule has 0 aromatic heterocycles. The summed E-state index contributed by atoms with van der Waals surface area (Å²) in [6.45, 7) is 9.99. The second-order valence-electron chi connectivity index (χ2n) is 5.14. The number of rotatable bonds is 7. The van der Waals surface area contributed by atoms with Gasteiger partial charge in [-0.2, -0.15) is 0 Å². The minimum Gasteiger partial charge on any atom is -0.394 e. The van der Waals surface area contributed by atoms with Crippen molar-refractivity contribution in [3.63, 3.8) is 0 Å². The third-order valence-corrected chi connectivity index (χ3v) is 7.41. The van der Waals surface area contributed by atoms with E-state index in [4.69, 9.17) is 8.85 Å². The van der Waals surface area contributed by atoms with Gasteiger partial charge in [0.05, 0.1) is 5.67 Å². The van der Waals surface area contributed by atoms with Crippen molar-refractivity contribution in [3.05, 3.63) is 35.9 Å². The van der Waals surface area contributed by atoms with Gasteiger partial charge in [-0.05, 0) is 32.4 Å². The largest absolute Gasteiger partial charge is 0.394 e. The van der Waals surface area contributed by atoms with Crippen LogP contribution in [-0.4, -0.2) is 38.9 Å². The number of hydrogen-bond donors (Lipinski definition) is 0. The fraction of sp³-hybridized carbons (Fsp3) is 0.600. The topological polar surface area (TPSA) is 21.7 Å². The van der Waals surface area contributed by atoms with Gasteiger partial charge >= 0.3 is 8.56 Å². The molecule has 1 heterocycles. The van der Waals surface area contributed by atoms with Crippen LogP contribution in [0.5, 0.6) is 0 Å². The second-order valence-corrected chi connectivity index (χ2v) is 8.42. The molecule has 1 saturated heterocycles. The predicted molar refractivity (Wildman–Crippen MR) is 80.1 cm³/mol. The molecular weight excluding hydrogens is 254 g/mol. The van der Waals surface area contributed by atoms with Crippen LogP contribution in [0.15, 0.2) is 30.3 Å². The zero-order chi connectivity index (χ0) is 13.7. The summed E-state index contributed by atoms with van der Waals surface area (Å²) >= 11 is 0. The lowest BCUT2D eigenvalue weighted by atomic mass is 10.1. The van der Waals surface area contributed by atoms with Gasteiger partial charge in [-0.25, -0.2) is 0 Å². The molecule has 2 rings (SSSR count). The normalized spacial score (nSPS) is 20.3. The van der Waals surface area contributed by atoms with E-state index in [0.717, 1.165) is 26.3 Å². The molecule has 4 heteroatoms. The first-order valence-corrected chi connectivity index (χ1v) is 9.65. The van der Waals surface area contributed by atoms with Gasteiger partial charge < -0.3 is 8.85 Å². The summed E-state index contributed by atoms with van der Waals surface area (Å²) in [4.78, 5) is 2.51. The standard InChI is InChI=1S/C15H25NO2Si/c1-4-17-19(3,18-5-2)15-11-12-16(15)13-14-9-7-6-8-10-14/h6-10,15H,4-5,11-13H2,1-3H3. The Morgan fingerprint density at radius 2 is 1.79 bits per heavy atom. The molecule has 1 atom stereocenters. The summed E-state index contributed by atoms with van der Waals surface area (Å²) in [5.74, 6) is 0. The van der Waals surface area contributed by atoms with E-state index >= 15 is 0 Å². The number of nitrogens with zero attached hydrogens (tertiary/aromatic N) is 1. The van der Waals surface area contributed by atoms with E-state index in [1.54, 1.807) is 0 Å². The fourth-order valence-electron chi connectivity index (χ4n) is 2.85. The van der Waals surface area contributed by atoms with Gasteiger partial charge in [-0.3, -0.25) is 4.90 Å². The molecule has 0 N–H and O–H groups in total. The Hall–Kier alpha value is -0.683. The Kier molecular flexibility index (Phi) is 5.16. The molecular formula is C15H25NO2Si. The van der Waals surface area contributed by atoms with Crippen molar-refractivity contribution in [2.45, 2.75) is 39.0 Å². The van der Waals surface area contributed by atoms with Crippen LogP contribution in [-0.2, 0) is 15.4 Å². The second kappa shape index (κ2) is 6.66. The van der Waals surface area contributed by atoms with Crippen molar-refractivity contribution < 1.29 is 8.85 Å². The molecule has 0 amide bonds. The molecule has 1 unspecified atom stereocenters. The van der Waals surface area contributed by atoms with Crippen LogP contribution >= 0.6 is 0 Å². The van der Waals surface area contributed by atoms with Crippen LogP contribution in [0.3, 0.4) is 0 Å². The average Bonchev–Trinajstić information content (AvgIpc) is 2.36. The molecule has 1 aromatic carbocycles. The summed E-state index contributed by atoms with van der Waals surface area (Å²) in [7, 11) is -2.06. The van der Waals surface area contributed by atoms with Gasteiger partial charge in [0, 0.05) is 26.3 Å². The van der Waals surface area contributed by atoms with Crippen LogP contribution in [0.25, 0.3) is 0 Å². The Morgan fingerprint density at radius 3 is 2.26 bits per heavy atom. The molecule has 0 aliphatic carbocycles. The summed E-state index contributed by atoms with van der Waals surface area (Å²) in [5.41, 5.74) is 1.86. The monoisotopic (exact) mass is 279 g/mol. The zero-order valence-electron chi connectivity index (χ0n) is 12.3. The smallest absolute Gasteiger partial charge is 0.352 e. The lowest BCUT2D eigenvalue weighted by Crippen LogP contribution is -2.65. The maximum absolute atomic E-state index is 6.02. The molecule has 3 nitrogen and oxygen atoms in total. The molecule has 1 fully saturated rings. The summed E-state index contributed by atoms with van der Waals surface area (Å²) in [6, 6.07) is 10.7. The number of benzene rings is 1. The summed E-state index contributed by atoms with van der Waals surface area (Å²) in [5, 5.41) is 0. The molecule has 0 radical (unpaired) electrons. The van der Waals surface area contributed by atoms with Gasteiger partial charge in [0.25, 0.3) is 0 Å². The van der Waals surface area contributed by atoms with Crippen molar-refractivity contribution >= 4 is 8.56 Å². The average molecular weight is 279 g/mol. The Bertz CT molecular complexity index is 379. The molecule has 1 aliphatic rings. The van der Waals surface area contributed by atoms with E-state index in [-0.39, 0.29) is 0 Å². The van der Waals surface area contributed by atoms with Gasteiger partial charge in [0.2, 0.25) is 0 Å². The molecule has 0 spiro atoms. The van der Waals surface area contributed by atoms with E-state index in [1.165, 1.54) is 12.0 Å². The number of likely N-dealkylation sites (tertiary alicyclic amines) is 1. The number of hydrogen-bond acceptors (Lipinski definition) is 3. The zero-order valence-corrected chi connectivity index (χ0v) is 13.3. The lowest BCUT2D eigenvalue weighted by Gasteiger charge is -2.48. The van der Waals surface area contributed by atoms with Crippen molar-refractivity contribution in [1.29, 1.82) is 0 Å². The maximum Gasteiger partial charge on any atom is 0.352 e. The minimum atomic E-state index is -2.06. The van der Waals surface area contributed by atoms with Crippen molar-refractivity contribution in [3.8, 4) is 0 Å². The van der Waals surface area contributed by atoms with Crippen LogP contribution < -0.4 is 0 Å². The Morgan fingerprint density at radius 1 is 1.16 bits per heavy atom. The highest BCUT2D eigenvalue weighted by molar-refractivity contribution is 6.68. The predicted octanol–water partition coefficient (Wildman–Crippen LogP) is 2.95. The van der Waals surface area contributed by atoms with E-state index in [1.807, 2.05) is 0 Å². The summed E-state index contributed by atoms with van der Waals surface area (Å²) < 4.78 is 12.0. The third-order valence-electron chi connectivity index (χ3n) is 3.83. The van der Waals surface area contributed by atoms with Crippen molar-refractivity contribution in [2.24, 2.45) is 0 Å². The molecule has 0 bridgehead atoms. The van der Waals surface area contributed by atoms with Crippen molar-refractivity contribution in [1.82, 2.24) is 4.90 Å². The highest BCUT2D eigenvalue weighted by atomic mass is 28.4. The van der Waals surface area contributed by atoms with Crippen LogP contribution in [0.2, 0.25) is 6.55 Å². The first-order chi connectivity index (χ1) is 9.19. The maximum atomic E-state index is 6.02. The third kappa shape index (κ3) is 3.45. The highest BCUT2D eigenvalue weighted by Gasteiger charge is 2.48. The minimum absolute atomic E-state index is 0.493. The van der Waals surface area contributed by atoms with E-state index in [9.17, 15) is 0 Å². The van der Waals surface area contributed by atoms with Crippen LogP contribution in [0, 0.1) is 0 Å². The molecule has 19 heavy (non-hydrogen) atoms. The Balaban J connectivity index is 2.00. The van der Waals surface area contributed by atoms with Gasteiger partial charge in [-0.15, -0.1) is 0 Å². The van der Waals surface area contributed by atoms with Crippen LogP contribution in [0.1, 0.15) is 25.8 Å². The first-order valence-electron chi connectivity index (χ1n) is 7.25. The van der Waals surface area contributed by atoms with Gasteiger partial charge in [0.1, 0.15) is 0 Å². The van der Waals surface area contributed by atoms with E-state index in [0.29, 0.717) is 5.67 Å². The van der Waals surface area contributed by atoms with Crippen LogP contribution in [0.4, 0.5) is 0 Å². The van der Waals surface area contributed by atoms with Gasteiger partial charge in [-0.1, -0.05) is 30.3 Å². The highest BCUT2D eigenvalue weighted by Crippen LogP contribution is 2.30. The molecule has 106 valence electrons. The van der Waals surface area contributed by atoms with Crippen molar-refractivity contribution in [2.75, 3.05) is 19.8 Å². The quantitative estimate of drug-likeness (QED) is 0.716. The molecule has 0 saturated carbocycles. The SMILES string of the molecule is CCO[Si](C)(OCC)C1CCN1Cc1ccccc1. The van der Waals surface area contributed by atoms with E-state index < -0.39 is 8.56 Å².